The minimum absolute atomic E-state index is 0.0336. The van der Waals surface area contributed by atoms with Gasteiger partial charge in [0.1, 0.15) is 0 Å². The van der Waals surface area contributed by atoms with Crippen LogP contribution in [0.4, 0.5) is 35.1 Å². The molecule has 16 saturated carbocycles. The molecular weight excluding hydrogens is 1110 g/mol. The van der Waals surface area contributed by atoms with Crippen LogP contribution in [0.3, 0.4) is 0 Å². The standard InChI is InChI=1S/C43H58F4O8.C17H24F4O5S/c1-2-42(44,45)43(46,47)24-54-36(50)40-17-31-9-32(18-40)20-41(19-31,21-40)37(51)55-33(35(49)53-23-39-14-28-6-29(15-39)8-30(7-28)16-39)10-34(48)52-22-38-11-25-3-26(12-38)5-27(4-25)13-38;18-16(19,17(20,21)27(23,24)25)3-1-2-4-26-14(22)15-8-11-5-12(9-15)7-13(6-11)10-15/h25-33H,2-24H2,1H3;11-13H,1-10H2,(H,23,24,25)/p-1. The molecule has 0 aromatic heterocycles. The normalized spacial score (nSPS) is 40.2. The summed E-state index contributed by atoms with van der Waals surface area (Å²) in [5.41, 5.74) is -3.12. The summed E-state index contributed by atoms with van der Waals surface area (Å²) < 4.78 is 169. The Kier molecular flexibility index (Phi) is 15.9. The molecule has 0 aliphatic heterocycles. The Bertz CT molecular complexity index is 2470. The van der Waals surface area contributed by atoms with E-state index in [2.05, 4.69) is 0 Å². The van der Waals surface area contributed by atoms with Gasteiger partial charge in [-0.15, -0.1) is 0 Å². The van der Waals surface area contributed by atoms with Crippen molar-refractivity contribution in [2.24, 2.45) is 92.2 Å². The molecule has 0 radical (unpaired) electrons. The van der Waals surface area contributed by atoms with E-state index in [4.69, 9.17) is 23.7 Å². The molecule has 0 amide bonds. The third kappa shape index (κ3) is 11.6. The molecule has 22 heteroatoms. The number of unbranched alkanes of at least 4 members (excludes halogenated alkanes) is 1. The largest absolute Gasteiger partial charge is 0.743 e. The number of hydrogen-bond donors (Lipinski definition) is 0. The fourth-order valence-electron chi connectivity index (χ4n) is 21.0. The number of hydrogen-bond acceptors (Lipinski definition) is 13. The highest BCUT2D eigenvalue weighted by Crippen LogP contribution is 2.67. The zero-order valence-corrected chi connectivity index (χ0v) is 47.8. The second-order valence-electron chi connectivity index (χ2n) is 29.5. The number of alkyl halides is 8. The van der Waals surface area contributed by atoms with Gasteiger partial charge in [0.15, 0.2) is 16.7 Å². The van der Waals surface area contributed by atoms with E-state index >= 15 is 0 Å². The first kappa shape index (κ1) is 60.4. The zero-order valence-electron chi connectivity index (χ0n) is 47.0. The Hall–Kier alpha value is -3.30. The van der Waals surface area contributed by atoms with Crippen LogP contribution in [-0.2, 0) is 57.8 Å². The third-order valence-electron chi connectivity index (χ3n) is 22.9. The highest BCUT2D eigenvalue weighted by atomic mass is 32.2. The summed E-state index contributed by atoms with van der Waals surface area (Å²) in [6, 6.07) is 0. The van der Waals surface area contributed by atoms with Crippen LogP contribution in [0.25, 0.3) is 0 Å². The first-order chi connectivity index (χ1) is 38.4. The van der Waals surface area contributed by atoms with Crippen LogP contribution in [0.15, 0.2) is 0 Å². The van der Waals surface area contributed by atoms with Gasteiger partial charge in [-0.3, -0.25) is 19.2 Å². The molecular formula is C60H81F8O13S-. The molecule has 0 saturated heterocycles. The van der Waals surface area contributed by atoms with E-state index in [9.17, 15) is 72.1 Å². The Balaban J connectivity index is 0.000000219. The van der Waals surface area contributed by atoms with Crippen LogP contribution in [0, 0.1) is 92.2 Å². The summed E-state index contributed by atoms with van der Waals surface area (Å²) in [5.74, 6) is -11.9. The average molecular weight is 1190 g/mol. The van der Waals surface area contributed by atoms with E-state index in [1.54, 1.807) is 0 Å². The summed E-state index contributed by atoms with van der Waals surface area (Å²) in [6.45, 7) is -0.479. The van der Waals surface area contributed by atoms with Crippen molar-refractivity contribution in [1.29, 1.82) is 0 Å². The smallest absolute Gasteiger partial charge is 0.396 e. The van der Waals surface area contributed by atoms with Crippen LogP contribution in [-0.4, -0.2) is 98.4 Å². The van der Waals surface area contributed by atoms with Crippen LogP contribution < -0.4 is 0 Å². The molecule has 16 bridgehead atoms. The lowest BCUT2D eigenvalue weighted by molar-refractivity contribution is -0.239. The van der Waals surface area contributed by atoms with E-state index < -0.39 is 112 Å². The number of halogens is 8. The number of carbonyl (C=O) groups is 5. The molecule has 16 aliphatic rings. The lowest BCUT2D eigenvalue weighted by Crippen LogP contribution is -2.59. The van der Waals surface area contributed by atoms with Crippen molar-refractivity contribution in [1.82, 2.24) is 0 Å². The van der Waals surface area contributed by atoms with E-state index in [0.717, 1.165) is 90.4 Å². The molecule has 82 heavy (non-hydrogen) atoms. The monoisotopic (exact) mass is 1190 g/mol. The topological polar surface area (TPSA) is 189 Å². The van der Waals surface area contributed by atoms with Gasteiger partial charge in [0, 0.05) is 23.7 Å². The quantitative estimate of drug-likeness (QED) is 0.0328. The number of carbonyl (C=O) groups excluding carboxylic acids is 5. The van der Waals surface area contributed by atoms with Crippen molar-refractivity contribution in [2.75, 3.05) is 26.4 Å². The second-order valence-corrected chi connectivity index (χ2v) is 30.9. The lowest BCUT2D eigenvalue weighted by Gasteiger charge is -2.59. The van der Waals surface area contributed by atoms with E-state index in [0.29, 0.717) is 85.6 Å². The molecule has 462 valence electrons. The molecule has 16 aliphatic carbocycles. The lowest BCUT2D eigenvalue weighted by atomic mass is 9.44. The van der Waals surface area contributed by atoms with Crippen molar-refractivity contribution >= 4 is 40.0 Å². The first-order valence-electron chi connectivity index (χ1n) is 30.7. The second kappa shape index (κ2) is 21.5. The summed E-state index contributed by atoms with van der Waals surface area (Å²) in [6.07, 6.45) is 16.3. The number of ether oxygens (including phenoxy) is 5. The van der Waals surface area contributed by atoms with Crippen molar-refractivity contribution in [3.05, 3.63) is 0 Å². The van der Waals surface area contributed by atoms with Gasteiger partial charge >= 0.3 is 52.9 Å². The summed E-state index contributed by atoms with van der Waals surface area (Å²) in [4.78, 5) is 68.1. The predicted octanol–water partition coefficient (Wildman–Crippen LogP) is 12.3. The van der Waals surface area contributed by atoms with Gasteiger partial charge < -0.3 is 28.2 Å². The van der Waals surface area contributed by atoms with Crippen LogP contribution >= 0.6 is 0 Å². The Morgan fingerprint density at radius 1 is 0.488 bits per heavy atom. The zero-order chi connectivity index (χ0) is 58.7. The van der Waals surface area contributed by atoms with E-state index in [1.165, 1.54) is 38.5 Å². The summed E-state index contributed by atoms with van der Waals surface area (Å²) in [5, 5.41) is -5.66. The molecule has 0 aromatic carbocycles. The van der Waals surface area contributed by atoms with Crippen molar-refractivity contribution in [2.45, 2.75) is 222 Å². The third-order valence-corrected chi connectivity index (χ3v) is 23.8. The molecule has 0 aromatic rings. The van der Waals surface area contributed by atoms with Gasteiger partial charge in [0.2, 0.25) is 6.10 Å². The number of rotatable bonds is 22. The maximum Gasteiger partial charge on any atom is 0.396 e. The minimum Gasteiger partial charge on any atom is -0.743 e. The highest BCUT2D eigenvalue weighted by molar-refractivity contribution is 7.86. The molecule has 0 spiro atoms. The molecule has 0 N–H and O–H groups in total. The molecule has 16 rings (SSSR count). The van der Waals surface area contributed by atoms with Crippen molar-refractivity contribution in [3.8, 4) is 0 Å². The Morgan fingerprint density at radius 3 is 1.32 bits per heavy atom. The fraction of sp³-hybridized carbons (Fsp3) is 0.917. The SMILES string of the molecule is CCC(F)(F)C(F)(F)COC(=O)C12CC3CC(C1)CC(C(=O)OC(CC(=O)OCC14CC5CC(CC(C5)C1)C4)C(=O)OCC14CC5CC(CC(C5)C1)C4)(C3)C2.O=C(OCCCCC(F)(F)C(F)(F)S(=O)(=O)[O-])C12CC3CC(CC(C3)C1)C2. The van der Waals surface area contributed by atoms with Gasteiger partial charge in [0.25, 0.3) is 0 Å². The Labute approximate surface area is 475 Å². The van der Waals surface area contributed by atoms with E-state index in [1.807, 2.05) is 0 Å². The fourth-order valence-corrected chi connectivity index (χ4v) is 21.5. The predicted molar refractivity (Wildman–Crippen MR) is 273 cm³/mol. The van der Waals surface area contributed by atoms with Crippen molar-refractivity contribution < 1.29 is 95.8 Å². The Morgan fingerprint density at radius 2 is 0.878 bits per heavy atom. The molecule has 3 unspecified atom stereocenters. The first-order valence-corrected chi connectivity index (χ1v) is 32.1. The molecule has 0 heterocycles. The van der Waals surface area contributed by atoms with Crippen LogP contribution in [0.2, 0.25) is 0 Å². The maximum absolute atomic E-state index is 14.4. The van der Waals surface area contributed by atoms with Gasteiger partial charge in [-0.25, -0.2) is 13.2 Å². The molecule has 13 nitrogen and oxygen atoms in total. The molecule has 3 atom stereocenters. The highest BCUT2D eigenvalue weighted by Gasteiger charge is 2.66. The average Bonchev–Trinajstić information content (AvgIpc) is 1.04. The van der Waals surface area contributed by atoms with Gasteiger partial charge in [0.05, 0.1) is 42.5 Å². The van der Waals surface area contributed by atoms with Crippen molar-refractivity contribution in [3.63, 3.8) is 0 Å². The van der Waals surface area contributed by atoms with Crippen LogP contribution in [0.5, 0.6) is 0 Å². The van der Waals surface area contributed by atoms with Crippen LogP contribution in [0.1, 0.15) is 193 Å². The maximum atomic E-state index is 14.4. The summed E-state index contributed by atoms with van der Waals surface area (Å²) in [7, 11) is -6.46. The minimum atomic E-state index is -6.46. The number of esters is 5. The van der Waals surface area contributed by atoms with Gasteiger partial charge in [-0.2, -0.15) is 35.1 Å². The van der Waals surface area contributed by atoms with Gasteiger partial charge in [-0.1, -0.05) is 6.92 Å². The van der Waals surface area contributed by atoms with E-state index in [-0.39, 0.29) is 54.7 Å². The summed E-state index contributed by atoms with van der Waals surface area (Å²) >= 11 is 0. The molecule has 16 fully saturated rings. The van der Waals surface area contributed by atoms with Gasteiger partial charge in [-0.05, 0) is 232 Å².